The monoisotopic (exact) mass is 1280 g/mol. The molecule has 9 nitrogen and oxygen atoms in total. The Bertz CT molecular complexity index is 1750. The summed E-state index contributed by atoms with van der Waals surface area (Å²) in [6, 6.07) is 0. The predicted octanol–water partition coefficient (Wildman–Crippen LogP) is 25.5. The lowest BCUT2D eigenvalue weighted by Gasteiger charge is -2.24. The maximum atomic E-state index is 12.9. The summed E-state index contributed by atoms with van der Waals surface area (Å²) in [6.45, 7) is 4.38. The molecule has 0 aromatic heterocycles. The fourth-order valence-electron chi connectivity index (χ4n) is 11.3. The molecule has 1 N–H and O–H groups in total. The quantitative estimate of drug-likeness (QED) is 0.0211. The van der Waals surface area contributed by atoms with Crippen molar-refractivity contribution in [2.45, 2.75) is 380 Å². The van der Waals surface area contributed by atoms with Crippen molar-refractivity contribution >= 4 is 19.8 Å². The third kappa shape index (κ3) is 74.5. The van der Waals surface area contributed by atoms with Crippen LogP contribution in [0.15, 0.2) is 72.9 Å². The highest BCUT2D eigenvalue weighted by Gasteiger charge is 2.27. The molecule has 2 unspecified atom stereocenters. The van der Waals surface area contributed by atoms with Crippen molar-refractivity contribution in [3.63, 3.8) is 0 Å². The highest BCUT2D eigenvalue weighted by atomic mass is 31.2. The summed E-state index contributed by atoms with van der Waals surface area (Å²) < 4.78 is 34.8. The second-order valence-electron chi connectivity index (χ2n) is 27.4. The molecule has 90 heavy (non-hydrogen) atoms. The summed E-state index contributed by atoms with van der Waals surface area (Å²) in [5.41, 5.74) is 0. The Labute approximate surface area is 559 Å². The van der Waals surface area contributed by atoms with Crippen LogP contribution in [-0.2, 0) is 32.7 Å². The Morgan fingerprint density at radius 2 is 0.633 bits per heavy atom. The van der Waals surface area contributed by atoms with E-state index in [0.717, 1.165) is 64.2 Å². The molecule has 0 fully saturated rings. The molecule has 0 amide bonds. The molecule has 0 heterocycles. The van der Waals surface area contributed by atoms with Crippen molar-refractivity contribution in [3.8, 4) is 0 Å². The van der Waals surface area contributed by atoms with Gasteiger partial charge in [0.05, 0.1) is 27.7 Å². The SMILES string of the molecule is CC/C=C\C/C=C\C/C=C\C/C=C\C/C=C\CCCCCCCCCCCCCCCCCCCC(=O)OC(COC(=O)CCCCCCCCCCCCCCCCCCCCCCC/C=C\CCCCCCCCCC)COP(=O)(O)OCC[N+](C)(C)C. The van der Waals surface area contributed by atoms with Crippen LogP contribution < -0.4 is 0 Å². The first-order valence-corrected chi connectivity index (χ1v) is 40.2. The molecular weight excluding hydrogens is 1130 g/mol. The number of hydrogen-bond donors (Lipinski definition) is 1. The standard InChI is InChI=1S/C80H148NO8P/c1-6-8-10-12-14-16-18-20-22-24-26-28-30-32-34-36-38-40-42-44-46-48-50-52-54-56-58-60-62-64-66-68-70-72-79(82)86-76-78(77-88-90(84,85)87-75-74-81(3,4)5)89-80(83)73-71-69-67-65-63-61-59-57-55-53-51-49-47-45-43-41-39-37-35-33-31-29-27-25-23-21-19-17-15-13-11-9-7-2/h9,11,15,17,21,23-24,26-27,29,33,35,78H,6-8,10,12-14,16,18-20,22,25,28,30-32,34,36-77H2,1-5H3/p+1/b11-9-,17-15-,23-21-,26-24-,29-27-,35-33-. The highest BCUT2D eigenvalue weighted by molar-refractivity contribution is 7.47. The van der Waals surface area contributed by atoms with Crippen LogP contribution in [-0.4, -0.2) is 74.9 Å². The van der Waals surface area contributed by atoms with Gasteiger partial charge in [-0.3, -0.25) is 18.6 Å². The number of nitrogens with zero attached hydrogens (tertiary/aromatic N) is 1. The lowest BCUT2D eigenvalue weighted by atomic mass is 10.0. The Hall–Kier alpha value is -2.55. The van der Waals surface area contributed by atoms with Gasteiger partial charge in [-0.1, -0.05) is 350 Å². The molecule has 0 bridgehead atoms. The van der Waals surface area contributed by atoms with Gasteiger partial charge in [-0.15, -0.1) is 0 Å². The molecule has 0 aromatic carbocycles. The number of phosphoric acid groups is 1. The van der Waals surface area contributed by atoms with Crippen molar-refractivity contribution in [2.75, 3.05) is 47.5 Å². The summed E-state index contributed by atoms with van der Waals surface area (Å²) in [6.07, 6.45) is 96.1. The first kappa shape index (κ1) is 87.5. The summed E-state index contributed by atoms with van der Waals surface area (Å²) in [4.78, 5) is 36.0. The summed E-state index contributed by atoms with van der Waals surface area (Å²) >= 11 is 0. The van der Waals surface area contributed by atoms with Gasteiger partial charge in [0.1, 0.15) is 19.8 Å². The van der Waals surface area contributed by atoms with Crippen LogP contribution in [0.3, 0.4) is 0 Å². The van der Waals surface area contributed by atoms with Gasteiger partial charge in [0.25, 0.3) is 0 Å². The first-order valence-electron chi connectivity index (χ1n) is 38.7. The zero-order valence-electron chi connectivity index (χ0n) is 60.1. The number of phosphoric ester groups is 1. The Morgan fingerprint density at radius 3 is 0.956 bits per heavy atom. The maximum Gasteiger partial charge on any atom is 0.472 e. The van der Waals surface area contributed by atoms with Gasteiger partial charge in [-0.25, -0.2) is 4.57 Å². The van der Waals surface area contributed by atoms with E-state index in [1.165, 1.54) is 276 Å². The number of hydrogen-bond acceptors (Lipinski definition) is 7. The van der Waals surface area contributed by atoms with Crippen LogP contribution in [0.2, 0.25) is 0 Å². The number of carbonyl (C=O) groups excluding carboxylic acids is 2. The van der Waals surface area contributed by atoms with Crippen molar-refractivity contribution in [2.24, 2.45) is 0 Å². The largest absolute Gasteiger partial charge is 0.472 e. The van der Waals surface area contributed by atoms with Crippen molar-refractivity contribution < 1.29 is 42.1 Å². The second kappa shape index (κ2) is 70.8. The smallest absolute Gasteiger partial charge is 0.462 e. The van der Waals surface area contributed by atoms with Crippen LogP contribution in [0.5, 0.6) is 0 Å². The van der Waals surface area contributed by atoms with Gasteiger partial charge in [-0.05, 0) is 83.5 Å². The van der Waals surface area contributed by atoms with Crippen LogP contribution in [0.25, 0.3) is 0 Å². The molecule has 0 saturated carbocycles. The van der Waals surface area contributed by atoms with E-state index in [1.807, 2.05) is 21.1 Å². The van der Waals surface area contributed by atoms with Crippen LogP contribution in [0.4, 0.5) is 0 Å². The van der Waals surface area contributed by atoms with E-state index in [0.29, 0.717) is 23.9 Å². The molecule has 0 aliphatic rings. The molecule has 0 aromatic rings. The van der Waals surface area contributed by atoms with Crippen LogP contribution in [0, 0.1) is 0 Å². The maximum absolute atomic E-state index is 12.9. The average Bonchev–Trinajstić information content (AvgIpc) is 3.58. The zero-order valence-corrected chi connectivity index (χ0v) is 61.0. The van der Waals surface area contributed by atoms with Crippen molar-refractivity contribution in [1.82, 2.24) is 0 Å². The van der Waals surface area contributed by atoms with E-state index in [-0.39, 0.29) is 25.6 Å². The van der Waals surface area contributed by atoms with Gasteiger partial charge in [-0.2, -0.15) is 0 Å². The molecule has 10 heteroatoms. The molecule has 0 aliphatic heterocycles. The summed E-state index contributed by atoms with van der Waals surface area (Å²) in [5.74, 6) is -0.778. The molecule has 0 radical (unpaired) electrons. The fraction of sp³-hybridized carbons (Fsp3) is 0.825. The number of unbranched alkanes of at least 4 members (excludes halogenated alkanes) is 46. The topological polar surface area (TPSA) is 108 Å². The summed E-state index contributed by atoms with van der Waals surface area (Å²) in [7, 11) is 1.49. The number of rotatable bonds is 72. The van der Waals surface area contributed by atoms with E-state index in [2.05, 4.69) is 86.8 Å². The number of quaternary nitrogens is 1. The van der Waals surface area contributed by atoms with E-state index >= 15 is 0 Å². The number of esters is 2. The minimum absolute atomic E-state index is 0.0326. The third-order valence-corrected chi connectivity index (χ3v) is 18.2. The Morgan fingerprint density at radius 1 is 0.356 bits per heavy atom. The Kier molecular flexibility index (Phi) is 68.8. The lowest BCUT2D eigenvalue weighted by molar-refractivity contribution is -0.870. The molecule has 2 atom stereocenters. The lowest BCUT2D eigenvalue weighted by Crippen LogP contribution is -2.37. The highest BCUT2D eigenvalue weighted by Crippen LogP contribution is 2.43. The van der Waals surface area contributed by atoms with E-state index < -0.39 is 26.5 Å². The van der Waals surface area contributed by atoms with Crippen molar-refractivity contribution in [3.05, 3.63) is 72.9 Å². The fourth-order valence-corrected chi connectivity index (χ4v) is 12.1. The van der Waals surface area contributed by atoms with E-state index in [4.69, 9.17) is 18.5 Å². The number of likely N-dealkylation sites (N-methyl/N-ethyl adjacent to an activating group) is 1. The zero-order chi connectivity index (χ0) is 65.5. The van der Waals surface area contributed by atoms with E-state index in [1.54, 1.807) is 0 Å². The van der Waals surface area contributed by atoms with Gasteiger partial charge in [0.2, 0.25) is 0 Å². The minimum Gasteiger partial charge on any atom is -0.462 e. The molecule has 0 aliphatic carbocycles. The number of carbonyl (C=O) groups is 2. The predicted molar refractivity (Wildman–Crippen MR) is 390 cm³/mol. The molecule has 0 rings (SSSR count). The molecule has 526 valence electrons. The number of ether oxygens (including phenoxy) is 2. The third-order valence-electron chi connectivity index (χ3n) is 17.2. The van der Waals surface area contributed by atoms with Crippen LogP contribution in [0.1, 0.15) is 373 Å². The Balaban J connectivity index is 3.95. The molecular formula is C80H149NO8P+. The number of allylic oxidation sites excluding steroid dienone is 12. The molecule has 0 spiro atoms. The summed E-state index contributed by atoms with van der Waals surface area (Å²) in [5, 5.41) is 0. The van der Waals surface area contributed by atoms with Gasteiger partial charge in [0, 0.05) is 12.8 Å². The second-order valence-corrected chi connectivity index (χ2v) is 28.8. The average molecular weight is 1280 g/mol. The minimum atomic E-state index is -4.39. The van der Waals surface area contributed by atoms with Gasteiger partial charge in [0.15, 0.2) is 6.10 Å². The normalized spacial score (nSPS) is 13.4. The van der Waals surface area contributed by atoms with Crippen molar-refractivity contribution in [1.29, 1.82) is 0 Å². The van der Waals surface area contributed by atoms with Gasteiger partial charge >= 0.3 is 19.8 Å². The van der Waals surface area contributed by atoms with Crippen LogP contribution >= 0.6 is 7.82 Å². The first-order chi connectivity index (χ1) is 44.0. The molecule has 0 saturated heterocycles. The van der Waals surface area contributed by atoms with E-state index in [9.17, 15) is 19.0 Å². The van der Waals surface area contributed by atoms with Gasteiger partial charge < -0.3 is 18.9 Å².